The van der Waals surface area contributed by atoms with Gasteiger partial charge in [0, 0.05) is 48.4 Å². The van der Waals surface area contributed by atoms with E-state index in [1.807, 2.05) is 16.8 Å². The van der Waals surface area contributed by atoms with Gasteiger partial charge < -0.3 is 4.90 Å². The van der Waals surface area contributed by atoms with Gasteiger partial charge in [-0.25, -0.2) is 9.50 Å². The molecule has 0 saturated carbocycles. The Bertz CT molecular complexity index is 1030. The first kappa shape index (κ1) is 13.3. The molecule has 2 aromatic carbocycles. The van der Waals surface area contributed by atoms with Gasteiger partial charge in [-0.05, 0) is 17.2 Å². The standard InChI is InChI=1S/C20H16N4/c1-2-6-17-16(5-1)14-23(19-8-4-3-7-18(17)19)12-15-11-21-20-9-10-22-24(20)13-15/h1-11,13H,12,14H2. The predicted octanol–water partition coefficient (Wildman–Crippen LogP) is 3.92. The zero-order chi connectivity index (χ0) is 15.9. The van der Waals surface area contributed by atoms with E-state index in [1.165, 1.54) is 22.4 Å². The molecule has 0 unspecified atom stereocenters. The number of hydrogen-bond donors (Lipinski definition) is 0. The van der Waals surface area contributed by atoms with Crippen LogP contribution in [-0.2, 0) is 13.1 Å². The van der Waals surface area contributed by atoms with Crippen molar-refractivity contribution < 1.29 is 0 Å². The molecule has 2 aromatic heterocycles. The van der Waals surface area contributed by atoms with Gasteiger partial charge in [0.05, 0.1) is 6.20 Å². The topological polar surface area (TPSA) is 33.4 Å². The molecule has 1 aliphatic rings. The van der Waals surface area contributed by atoms with Crippen molar-refractivity contribution in [3.8, 4) is 11.1 Å². The lowest BCUT2D eigenvalue weighted by Gasteiger charge is -2.32. The normalized spacial score (nSPS) is 12.9. The highest BCUT2D eigenvalue weighted by Crippen LogP contribution is 2.39. The Morgan fingerprint density at radius 2 is 1.75 bits per heavy atom. The summed E-state index contributed by atoms with van der Waals surface area (Å²) in [5.41, 5.74) is 7.31. The number of para-hydroxylation sites is 1. The number of rotatable bonds is 2. The summed E-state index contributed by atoms with van der Waals surface area (Å²) in [7, 11) is 0. The third-order valence-electron chi connectivity index (χ3n) is 4.59. The zero-order valence-electron chi connectivity index (χ0n) is 13.1. The van der Waals surface area contributed by atoms with Crippen LogP contribution in [0.15, 0.2) is 73.2 Å². The average molecular weight is 312 g/mol. The fourth-order valence-corrected chi connectivity index (χ4v) is 3.48. The molecule has 0 radical (unpaired) electrons. The van der Waals surface area contributed by atoms with E-state index in [4.69, 9.17) is 0 Å². The largest absolute Gasteiger partial charge is 0.362 e. The van der Waals surface area contributed by atoms with Crippen molar-refractivity contribution in [3.63, 3.8) is 0 Å². The molecular formula is C20H16N4. The smallest absolute Gasteiger partial charge is 0.154 e. The molecular weight excluding hydrogens is 296 g/mol. The minimum Gasteiger partial charge on any atom is -0.362 e. The number of nitrogens with zero attached hydrogens (tertiary/aromatic N) is 4. The fourth-order valence-electron chi connectivity index (χ4n) is 3.48. The summed E-state index contributed by atoms with van der Waals surface area (Å²) < 4.78 is 1.83. The van der Waals surface area contributed by atoms with Crippen LogP contribution in [0, 0.1) is 0 Å². The first-order valence-electron chi connectivity index (χ1n) is 8.09. The van der Waals surface area contributed by atoms with Crippen LogP contribution in [0.5, 0.6) is 0 Å². The second-order valence-corrected chi connectivity index (χ2v) is 6.13. The highest BCUT2D eigenvalue weighted by Gasteiger charge is 2.21. The summed E-state index contributed by atoms with van der Waals surface area (Å²) >= 11 is 0. The number of fused-ring (bicyclic) bond motifs is 4. The highest BCUT2D eigenvalue weighted by atomic mass is 15.2. The van der Waals surface area contributed by atoms with E-state index in [1.54, 1.807) is 6.20 Å². The summed E-state index contributed by atoms with van der Waals surface area (Å²) in [5.74, 6) is 0. The molecule has 4 nitrogen and oxygen atoms in total. The molecule has 0 atom stereocenters. The van der Waals surface area contributed by atoms with Gasteiger partial charge in [-0.1, -0.05) is 42.5 Å². The van der Waals surface area contributed by atoms with Crippen molar-refractivity contribution >= 4 is 11.3 Å². The Balaban J connectivity index is 1.56. The van der Waals surface area contributed by atoms with E-state index in [-0.39, 0.29) is 0 Å². The summed E-state index contributed by atoms with van der Waals surface area (Å²) in [6, 6.07) is 19.2. The van der Waals surface area contributed by atoms with Crippen molar-refractivity contribution in [1.82, 2.24) is 14.6 Å². The first-order valence-corrected chi connectivity index (χ1v) is 8.09. The second kappa shape index (κ2) is 5.20. The van der Waals surface area contributed by atoms with Crippen LogP contribution in [0.4, 0.5) is 5.69 Å². The Morgan fingerprint density at radius 3 is 2.71 bits per heavy atom. The minimum absolute atomic E-state index is 0.814. The molecule has 0 amide bonds. The Morgan fingerprint density at radius 1 is 0.917 bits per heavy atom. The molecule has 0 bridgehead atoms. The maximum Gasteiger partial charge on any atom is 0.154 e. The van der Waals surface area contributed by atoms with Crippen LogP contribution < -0.4 is 4.90 Å². The van der Waals surface area contributed by atoms with E-state index in [2.05, 4.69) is 69.7 Å². The third kappa shape index (κ3) is 2.07. The number of benzene rings is 2. The minimum atomic E-state index is 0.814. The van der Waals surface area contributed by atoms with E-state index >= 15 is 0 Å². The molecule has 0 fully saturated rings. The molecule has 116 valence electrons. The van der Waals surface area contributed by atoms with E-state index in [9.17, 15) is 0 Å². The summed E-state index contributed by atoms with van der Waals surface area (Å²) in [4.78, 5) is 6.89. The molecule has 4 aromatic rings. The van der Waals surface area contributed by atoms with Gasteiger partial charge in [0.2, 0.25) is 0 Å². The summed E-state index contributed by atoms with van der Waals surface area (Å²) in [6.45, 7) is 1.72. The maximum absolute atomic E-state index is 4.48. The highest BCUT2D eigenvalue weighted by molar-refractivity contribution is 5.83. The fraction of sp³-hybridized carbons (Fsp3) is 0.100. The molecule has 5 rings (SSSR count). The van der Waals surface area contributed by atoms with Gasteiger partial charge in [-0.3, -0.25) is 0 Å². The number of hydrogen-bond acceptors (Lipinski definition) is 3. The van der Waals surface area contributed by atoms with Crippen molar-refractivity contribution in [3.05, 3.63) is 84.3 Å². The maximum atomic E-state index is 4.48. The molecule has 0 N–H and O–H groups in total. The lowest BCUT2D eigenvalue weighted by molar-refractivity contribution is 0.778. The van der Waals surface area contributed by atoms with Crippen molar-refractivity contribution in [2.75, 3.05) is 4.90 Å². The molecule has 1 aliphatic heterocycles. The average Bonchev–Trinajstić information content (AvgIpc) is 3.10. The van der Waals surface area contributed by atoms with Gasteiger partial charge in [0.25, 0.3) is 0 Å². The van der Waals surface area contributed by atoms with Crippen molar-refractivity contribution in [1.29, 1.82) is 0 Å². The van der Waals surface area contributed by atoms with Crippen LogP contribution in [0.1, 0.15) is 11.1 Å². The monoisotopic (exact) mass is 312 g/mol. The van der Waals surface area contributed by atoms with E-state index in [0.29, 0.717) is 0 Å². The predicted molar refractivity (Wildman–Crippen MR) is 94.8 cm³/mol. The Labute approximate surface area is 140 Å². The first-order chi connectivity index (χ1) is 11.9. The molecule has 0 aliphatic carbocycles. The van der Waals surface area contributed by atoms with Crippen LogP contribution >= 0.6 is 0 Å². The molecule has 24 heavy (non-hydrogen) atoms. The van der Waals surface area contributed by atoms with Crippen LogP contribution in [0.3, 0.4) is 0 Å². The quantitative estimate of drug-likeness (QED) is 0.562. The lowest BCUT2D eigenvalue weighted by atomic mass is 9.93. The van der Waals surface area contributed by atoms with Crippen molar-refractivity contribution in [2.24, 2.45) is 0 Å². The van der Waals surface area contributed by atoms with Gasteiger partial charge in [-0.15, -0.1) is 0 Å². The van der Waals surface area contributed by atoms with Crippen molar-refractivity contribution in [2.45, 2.75) is 13.1 Å². The molecule has 0 spiro atoms. The Kier molecular flexibility index (Phi) is 2.88. The third-order valence-corrected chi connectivity index (χ3v) is 4.59. The van der Waals surface area contributed by atoms with E-state index in [0.717, 1.165) is 24.3 Å². The van der Waals surface area contributed by atoms with Gasteiger partial charge >= 0.3 is 0 Å². The lowest BCUT2D eigenvalue weighted by Crippen LogP contribution is -2.26. The van der Waals surface area contributed by atoms with Crippen LogP contribution in [0.25, 0.3) is 16.8 Å². The van der Waals surface area contributed by atoms with E-state index < -0.39 is 0 Å². The summed E-state index contributed by atoms with van der Waals surface area (Å²) in [6.07, 6.45) is 5.78. The van der Waals surface area contributed by atoms with Crippen LogP contribution in [0.2, 0.25) is 0 Å². The number of anilines is 1. The Hall–Kier alpha value is -3.14. The summed E-state index contributed by atoms with van der Waals surface area (Å²) in [5, 5.41) is 4.29. The SMILES string of the molecule is c1ccc2c(c1)CN(Cc1cnc3ccnn3c1)c1ccccc1-2. The van der Waals surface area contributed by atoms with Crippen LogP contribution in [-0.4, -0.2) is 14.6 Å². The van der Waals surface area contributed by atoms with Gasteiger partial charge in [0.1, 0.15) is 0 Å². The van der Waals surface area contributed by atoms with Gasteiger partial charge in [0.15, 0.2) is 5.65 Å². The molecule has 0 saturated heterocycles. The molecule has 4 heteroatoms. The zero-order valence-corrected chi connectivity index (χ0v) is 13.1. The second-order valence-electron chi connectivity index (χ2n) is 6.13. The number of aromatic nitrogens is 3. The van der Waals surface area contributed by atoms with Gasteiger partial charge in [-0.2, -0.15) is 5.10 Å². The molecule has 3 heterocycles.